The summed E-state index contributed by atoms with van der Waals surface area (Å²) in [5.74, 6) is -1.61. The molecule has 0 amide bonds. The van der Waals surface area contributed by atoms with Crippen LogP contribution in [0.25, 0.3) is 0 Å². The minimum atomic E-state index is -4.07. The molecule has 0 bridgehead atoms. The molecular weight excluding hydrogens is 423 g/mol. The van der Waals surface area contributed by atoms with Crippen LogP contribution in [0, 0.1) is 25.6 Å². The number of carbonyl (C=O) groups is 2. The van der Waals surface area contributed by atoms with Gasteiger partial charge in [0.2, 0.25) is 10.0 Å². The quantitative estimate of drug-likeness (QED) is 0.452. The second kappa shape index (κ2) is 9.32. The molecule has 2 aromatic rings. The first-order valence-corrected chi connectivity index (χ1v) is 11.3. The van der Waals surface area contributed by atoms with Crippen molar-refractivity contribution in [1.29, 1.82) is 0 Å². The lowest BCUT2D eigenvalue weighted by atomic mass is 10.0. The van der Waals surface area contributed by atoms with Crippen LogP contribution in [-0.2, 0) is 21.8 Å². The van der Waals surface area contributed by atoms with Crippen molar-refractivity contribution in [3.63, 3.8) is 0 Å². The molecule has 0 spiro atoms. The number of esters is 1. The number of sulfonamides is 1. The van der Waals surface area contributed by atoms with Crippen molar-refractivity contribution in [2.45, 2.75) is 45.6 Å². The van der Waals surface area contributed by atoms with Crippen LogP contribution in [-0.4, -0.2) is 48.7 Å². The lowest BCUT2D eigenvalue weighted by Crippen LogP contribution is -2.45. The molecule has 1 aromatic carbocycles. The van der Waals surface area contributed by atoms with Crippen molar-refractivity contribution in [2.75, 3.05) is 13.7 Å². The van der Waals surface area contributed by atoms with Crippen molar-refractivity contribution >= 4 is 21.8 Å². The zero-order chi connectivity index (χ0) is 23.7. The van der Waals surface area contributed by atoms with E-state index in [1.165, 1.54) is 26.2 Å². The Labute approximate surface area is 182 Å². The van der Waals surface area contributed by atoms with Gasteiger partial charge in [-0.1, -0.05) is 13.8 Å². The third kappa shape index (κ3) is 4.72. The lowest BCUT2D eigenvalue weighted by Gasteiger charge is -2.29. The van der Waals surface area contributed by atoms with Gasteiger partial charge in [-0.25, -0.2) is 17.6 Å². The lowest BCUT2D eigenvalue weighted by molar-refractivity contribution is 0.0588. The van der Waals surface area contributed by atoms with Gasteiger partial charge < -0.3 is 9.30 Å². The van der Waals surface area contributed by atoms with Crippen LogP contribution in [0.5, 0.6) is 0 Å². The Bertz CT molecular complexity index is 1090. The van der Waals surface area contributed by atoms with Crippen LogP contribution in [0.3, 0.4) is 0 Å². The number of nitrogens with zero attached hydrogens (tertiary/aromatic N) is 2. The maximum absolute atomic E-state index is 13.5. The molecule has 0 aliphatic heterocycles. The number of hydrogen-bond donors (Lipinski definition) is 0. The van der Waals surface area contributed by atoms with Crippen LogP contribution in [0.2, 0.25) is 0 Å². The van der Waals surface area contributed by atoms with Crippen LogP contribution in [0.15, 0.2) is 29.2 Å². The van der Waals surface area contributed by atoms with Crippen molar-refractivity contribution < 1.29 is 27.1 Å². The minimum Gasteiger partial charge on any atom is -0.464 e. The van der Waals surface area contributed by atoms with E-state index in [0.29, 0.717) is 16.8 Å². The summed E-state index contributed by atoms with van der Waals surface area (Å²) in [6.07, 6.45) is 0. The molecular formula is C22H29FN2O5S. The van der Waals surface area contributed by atoms with E-state index >= 15 is 0 Å². The number of benzene rings is 1. The number of rotatable bonds is 8. The van der Waals surface area contributed by atoms with Crippen molar-refractivity contribution in [3.8, 4) is 0 Å². The van der Waals surface area contributed by atoms with Crippen molar-refractivity contribution in [3.05, 3.63) is 52.6 Å². The number of hydrogen-bond acceptors (Lipinski definition) is 5. The van der Waals surface area contributed by atoms with Gasteiger partial charge in [0, 0.05) is 24.8 Å². The van der Waals surface area contributed by atoms with E-state index in [2.05, 4.69) is 0 Å². The van der Waals surface area contributed by atoms with Gasteiger partial charge in [-0.2, -0.15) is 4.31 Å². The van der Waals surface area contributed by atoms with Gasteiger partial charge >= 0.3 is 5.97 Å². The predicted molar refractivity (Wildman–Crippen MR) is 115 cm³/mol. The number of aromatic nitrogens is 1. The number of Topliss-reactive ketones (excluding diaryl/α,β-unsaturated/α-hetero) is 1. The molecule has 0 N–H and O–H groups in total. The van der Waals surface area contributed by atoms with Crippen LogP contribution in [0.4, 0.5) is 4.39 Å². The molecule has 31 heavy (non-hydrogen) atoms. The molecule has 0 aliphatic carbocycles. The Kier molecular flexibility index (Phi) is 7.44. The van der Waals surface area contributed by atoms with Gasteiger partial charge in [0.05, 0.1) is 18.0 Å². The fraction of sp³-hybridized carbons (Fsp3) is 0.455. The summed E-state index contributed by atoms with van der Waals surface area (Å²) >= 11 is 0. The largest absolute Gasteiger partial charge is 0.464 e. The first-order valence-electron chi connectivity index (χ1n) is 9.90. The Balaban J connectivity index is 2.57. The van der Waals surface area contributed by atoms with E-state index in [1.807, 2.05) is 13.8 Å². The maximum Gasteiger partial charge on any atom is 0.354 e. The van der Waals surface area contributed by atoms with E-state index in [9.17, 15) is 22.4 Å². The van der Waals surface area contributed by atoms with E-state index in [1.54, 1.807) is 25.5 Å². The molecule has 170 valence electrons. The molecule has 0 saturated carbocycles. The standard InChI is InChI=1S/C22H29FN2O5S/c1-13(2)12-25(31(28,29)18-10-8-17(23)9-11-18)16(5)21(26)19-14(3)20(22(27)30-7)24(6)15(19)4/h8-11,13,16H,12H2,1-7H3. The monoisotopic (exact) mass is 452 g/mol. The fourth-order valence-corrected chi connectivity index (χ4v) is 5.39. The van der Waals surface area contributed by atoms with Gasteiger partial charge in [-0.05, 0) is 56.5 Å². The zero-order valence-corrected chi connectivity index (χ0v) is 19.7. The second-order valence-electron chi connectivity index (χ2n) is 7.95. The van der Waals surface area contributed by atoms with E-state index < -0.39 is 33.6 Å². The van der Waals surface area contributed by atoms with Crippen LogP contribution < -0.4 is 0 Å². The van der Waals surface area contributed by atoms with Gasteiger partial charge in [-0.15, -0.1) is 0 Å². The Morgan fingerprint density at radius 3 is 2.16 bits per heavy atom. The number of ether oxygens (including phenoxy) is 1. The Morgan fingerprint density at radius 1 is 1.13 bits per heavy atom. The van der Waals surface area contributed by atoms with Gasteiger partial charge in [-0.3, -0.25) is 4.79 Å². The van der Waals surface area contributed by atoms with Gasteiger partial charge in [0.25, 0.3) is 0 Å². The summed E-state index contributed by atoms with van der Waals surface area (Å²) < 4.78 is 47.5. The number of methoxy groups -OCH3 is 1. The number of carbonyl (C=O) groups excluding carboxylic acids is 2. The third-order valence-electron chi connectivity index (χ3n) is 5.33. The highest BCUT2D eigenvalue weighted by atomic mass is 32.2. The summed E-state index contributed by atoms with van der Waals surface area (Å²) in [4.78, 5) is 25.6. The zero-order valence-electron chi connectivity index (χ0n) is 18.9. The highest BCUT2D eigenvalue weighted by molar-refractivity contribution is 7.89. The molecule has 0 fully saturated rings. The predicted octanol–water partition coefficient (Wildman–Crippen LogP) is 3.49. The van der Waals surface area contributed by atoms with Crippen LogP contribution >= 0.6 is 0 Å². The van der Waals surface area contributed by atoms with E-state index in [4.69, 9.17) is 4.74 Å². The molecule has 1 heterocycles. The summed E-state index contributed by atoms with van der Waals surface area (Å²) in [6.45, 7) is 8.65. The SMILES string of the molecule is COC(=O)c1c(C)c(C(=O)C(C)N(CC(C)C)S(=O)(=O)c2ccc(F)cc2)c(C)n1C. The minimum absolute atomic E-state index is 0.0610. The summed E-state index contributed by atoms with van der Waals surface area (Å²) in [5.41, 5.74) is 1.51. The average molecular weight is 453 g/mol. The highest BCUT2D eigenvalue weighted by Crippen LogP contribution is 2.27. The first kappa shape index (κ1) is 24.7. The van der Waals surface area contributed by atoms with E-state index in [-0.39, 0.29) is 23.1 Å². The van der Waals surface area contributed by atoms with Crippen LogP contribution in [0.1, 0.15) is 52.9 Å². The average Bonchev–Trinajstić information content (AvgIpc) is 2.93. The molecule has 0 saturated heterocycles. The third-order valence-corrected chi connectivity index (χ3v) is 7.28. The smallest absolute Gasteiger partial charge is 0.354 e. The van der Waals surface area contributed by atoms with Crippen molar-refractivity contribution in [2.24, 2.45) is 13.0 Å². The first-order chi connectivity index (χ1) is 14.3. The summed E-state index contributed by atoms with van der Waals surface area (Å²) in [6, 6.07) is 3.47. The molecule has 1 aromatic heterocycles. The number of ketones is 1. The van der Waals surface area contributed by atoms with E-state index in [0.717, 1.165) is 16.4 Å². The maximum atomic E-state index is 13.5. The molecule has 9 heteroatoms. The molecule has 7 nitrogen and oxygen atoms in total. The number of halogens is 1. The topological polar surface area (TPSA) is 85.7 Å². The fourth-order valence-electron chi connectivity index (χ4n) is 3.63. The van der Waals surface area contributed by atoms with Crippen molar-refractivity contribution in [1.82, 2.24) is 8.87 Å². The second-order valence-corrected chi connectivity index (χ2v) is 9.84. The van der Waals surface area contributed by atoms with Gasteiger partial charge in [0.1, 0.15) is 11.5 Å². The Hall–Kier alpha value is -2.52. The normalized spacial score (nSPS) is 13.0. The molecule has 0 aliphatic rings. The molecule has 1 atom stereocenters. The molecule has 0 radical (unpaired) electrons. The molecule has 2 rings (SSSR count). The molecule has 1 unspecified atom stereocenters. The summed E-state index contributed by atoms with van der Waals surface area (Å²) in [5, 5.41) is 0. The highest BCUT2D eigenvalue weighted by Gasteiger charge is 2.36. The van der Waals surface area contributed by atoms with Gasteiger partial charge in [0.15, 0.2) is 5.78 Å². The summed E-state index contributed by atoms with van der Waals surface area (Å²) in [7, 11) is -1.16. The Morgan fingerprint density at radius 2 is 1.68 bits per heavy atom.